The molecule has 1 fully saturated rings. The third-order valence-electron chi connectivity index (χ3n) is 4.42. The third-order valence-corrected chi connectivity index (χ3v) is 4.68. The van der Waals surface area contributed by atoms with E-state index in [1.165, 1.54) is 0 Å². The number of nitrogens with zero attached hydrogens (tertiary/aromatic N) is 3. The van der Waals surface area contributed by atoms with E-state index >= 15 is 0 Å². The molecule has 6 nitrogen and oxygen atoms in total. The first-order valence-electron chi connectivity index (χ1n) is 8.30. The molecule has 2 aromatic rings. The summed E-state index contributed by atoms with van der Waals surface area (Å²) in [6.07, 6.45) is 1.58. The van der Waals surface area contributed by atoms with Crippen LogP contribution in [0.2, 0.25) is 5.02 Å². The number of rotatable bonds is 3. The van der Waals surface area contributed by atoms with Crippen LogP contribution >= 0.6 is 11.6 Å². The minimum atomic E-state index is -0.222. The molecule has 132 valence electrons. The van der Waals surface area contributed by atoms with Crippen molar-refractivity contribution in [1.82, 2.24) is 14.7 Å². The van der Waals surface area contributed by atoms with Crippen molar-refractivity contribution in [2.75, 3.05) is 18.4 Å². The molecule has 1 saturated heterocycles. The number of aryl methyl sites for hydroxylation is 2. The van der Waals surface area contributed by atoms with Gasteiger partial charge in [-0.1, -0.05) is 11.6 Å². The highest BCUT2D eigenvalue weighted by atomic mass is 35.5. The largest absolute Gasteiger partial charge is 0.338 e. The lowest BCUT2D eigenvalue weighted by atomic mass is 9.96. The monoisotopic (exact) mass is 360 g/mol. The lowest BCUT2D eigenvalue weighted by Crippen LogP contribution is -2.43. The Hall–Kier alpha value is -2.34. The Kier molecular flexibility index (Phi) is 5.08. The average Bonchev–Trinajstić information content (AvgIpc) is 2.92. The fraction of sp³-hybridized carbons (Fsp3) is 0.389. The summed E-state index contributed by atoms with van der Waals surface area (Å²) in [7, 11) is 1.79. The molecular formula is C18H21ClN4O2. The highest BCUT2D eigenvalue weighted by Crippen LogP contribution is 2.21. The number of likely N-dealkylation sites (tertiary alicyclic amines) is 1. The number of carbonyl (C=O) groups is 2. The fourth-order valence-corrected chi connectivity index (χ4v) is 3.23. The zero-order valence-electron chi connectivity index (χ0n) is 14.3. The number of anilines is 1. The summed E-state index contributed by atoms with van der Waals surface area (Å²) in [6, 6.07) is 8.66. The second-order valence-electron chi connectivity index (χ2n) is 6.38. The van der Waals surface area contributed by atoms with Gasteiger partial charge in [0, 0.05) is 36.8 Å². The van der Waals surface area contributed by atoms with Gasteiger partial charge in [0.25, 0.3) is 5.91 Å². The van der Waals surface area contributed by atoms with Gasteiger partial charge < -0.3 is 10.2 Å². The normalized spacial score (nSPS) is 17.4. The number of amides is 2. The molecule has 2 heterocycles. The van der Waals surface area contributed by atoms with Gasteiger partial charge in [-0.05, 0) is 44.0 Å². The summed E-state index contributed by atoms with van der Waals surface area (Å²) in [5.74, 6) is 0.311. The molecule has 1 aliphatic rings. The van der Waals surface area contributed by atoms with Crippen LogP contribution in [-0.2, 0) is 11.8 Å². The zero-order chi connectivity index (χ0) is 18.0. The van der Waals surface area contributed by atoms with Gasteiger partial charge in [0.1, 0.15) is 5.82 Å². The standard InChI is InChI=1S/C18H21ClN4O2/c1-12-10-16(22(2)21-12)20-17(24)14-4-3-9-23(11-14)18(25)13-5-7-15(19)8-6-13/h5-8,10,14H,3-4,9,11H2,1-2H3,(H,20,24). The highest BCUT2D eigenvalue weighted by Gasteiger charge is 2.29. The van der Waals surface area contributed by atoms with E-state index in [4.69, 9.17) is 11.6 Å². The molecule has 0 spiro atoms. The summed E-state index contributed by atoms with van der Waals surface area (Å²) >= 11 is 5.87. The fourth-order valence-electron chi connectivity index (χ4n) is 3.11. The van der Waals surface area contributed by atoms with E-state index in [-0.39, 0.29) is 17.7 Å². The second-order valence-corrected chi connectivity index (χ2v) is 6.82. The van der Waals surface area contributed by atoms with Crippen LogP contribution in [-0.4, -0.2) is 39.6 Å². The van der Waals surface area contributed by atoms with Crippen LogP contribution in [0, 0.1) is 12.8 Å². The molecule has 0 bridgehead atoms. The molecule has 3 rings (SSSR count). The molecule has 0 aliphatic carbocycles. The molecule has 1 aromatic heterocycles. The van der Waals surface area contributed by atoms with Gasteiger partial charge >= 0.3 is 0 Å². The highest BCUT2D eigenvalue weighted by molar-refractivity contribution is 6.30. The quantitative estimate of drug-likeness (QED) is 0.915. The van der Waals surface area contributed by atoms with Crippen molar-refractivity contribution < 1.29 is 9.59 Å². The van der Waals surface area contributed by atoms with Gasteiger partial charge in [0.05, 0.1) is 11.6 Å². The maximum Gasteiger partial charge on any atom is 0.253 e. The van der Waals surface area contributed by atoms with Crippen LogP contribution in [0.15, 0.2) is 30.3 Å². The smallest absolute Gasteiger partial charge is 0.253 e. The summed E-state index contributed by atoms with van der Waals surface area (Å²) in [4.78, 5) is 26.9. The molecule has 0 radical (unpaired) electrons. The minimum Gasteiger partial charge on any atom is -0.338 e. The predicted octanol–water partition coefficient (Wildman–Crippen LogP) is 2.87. The summed E-state index contributed by atoms with van der Waals surface area (Å²) in [5, 5.41) is 7.74. The number of hydrogen-bond acceptors (Lipinski definition) is 3. The molecular weight excluding hydrogens is 340 g/mol. The Bertz CT molecular complexity index is 785. The van der Waals surface area contributed by atoms with Crippen molar-refractivity contribution in [2.45, 2.75) is 19.8 Å². The number of aromatic nitrogens is 2. The van der Waals surface area contributed by atoms with Gasteiger partial charge in [0.2, 0.25) is 5.91 Å². The third kappa shape index (κ3) is 4.02. The van der Waals surface area contributed by atoms with Gasteiger partial charge in [-0.15, -0.1) is 0 Å². The first kappa shape index (κ1) is 17.5. The van der Waals surface area contributed by atoms with E-state index in [2.05, 4.69) is 10.4 Å². The Morgan fingerprint density at radius 1 is 1.28 bits per heavy atom. The van der Waals surface area contributed by atoms with Gasteiger partial charge in [0.15, 0.2) is 0 Å². The van der Waals surface area contributed by atoms with Crippen molar-refractivity contribution in [1.29, 1.82) is 0 Å². The van der Waals surface area contributed by atoms with E-state index in [0.717, 1.165) is 18.5 Å². The van der Waals surface area contributed by atoms with Crippen molar-refractivity contribution in [3.8, 4) is 0 Å². The molecule has 1 N–H and O–H groups in total. The number of benzene rings is 1. The van der Waals surface area contributed by atoms with Crippen molar-refractivity contribution >= 4 is 29.2 Å². The Morgan fingerprint density at radius 3 is 2.64 bits per heavy atom. The minimum absolute atomic E-state index is 0.0643. The zero-order valence-corrected chi connectivity index (χ0v) is 15.1. The maximum atomic E-state index is 12.6. The summed E-state index contributed by atoms with van der Waals surface area (Å²) < 4.78 is 1.65. The molecule has 1 atom stereocenters. The molecule has 0 saturated carbocycles. The van der Waals surface area contributed by atoms with E-state index in [0.29, 0.717) is 29.5 Å². The number of piperidine rings is 1. The molecule has 1 unspecified atom stereocenters. The topological polar surface area (TPSA) is 67.2 Å². The van der Waals surface area contributed by atoms with E-state index in [1.54, 1.807) is 40.9 Å². The number of carbonyl (C=O) groups excluding carboxylic acids is 2. The molecule has 25 heavy (non-hydrogen) atoms. The number of hydrogen-bond donors (Lipinski definition) is 1. The van der Waals surface area contributed by atoms with E-state index < -0.39 is 0 Å². The van der Waals surface area contributed by atoms with Crippen LogP contribution < -0.4 is 5.32 Å². The van der Waals surface area contributed by atoms with Gasteiger partial charge in [-0.3, -0.25) is 14.3 Å². The first-order chi connectivity index (χ1) is 11.9. The van der Waals surface area contributed by atoms with E-state index in [9.17, 15) is 9.59 Å². The van der Waals surface area contributed by atoms with Crippen LogP contribution in [0.5, 0.6) is 0 Å². The predicted molar refractivity (Wildman–Crippen MR) is 96.7 cm³/mol. The van der Waals surface area contributed by atoms with Crippen LogP contribution in [0.4, 0.5) is 5.82 Å². The molecule has 7 heteroatoms. The molecule has 1 aliphatic heterocycles. The van der Waals surface area contributed by atoms with E-state index in [1.807, 2.05) is 13.0 Å². The van der Waals surface area contributed by atoms with Crippen LogP contribution in [0.1, 0.15) is 28.9 Å². The van der Waals surface area contributed by atoms with Crippen LogP contribution in [0.3, 0.4) is 0 Å². The maximum absolute atomic E-state index is 12.6. The SMILES string of the molecule is Cc1cc(NC(=O)C2CCCN(C(=O)c3ccc(Cl)cc3)C2)n(C)n1. The first-order valence-corrected chi connectivity index (χ1v) is 8.68. The lowest BCUT2D eigenvalue weighted by Gasteiger charge is -2.32. The average molecular weight is 361 g/mol. The number of halogens is 1. The number of nitrogens with one attached hydrogen (secondary N) is 1. The van der Waals surface area contributed by atoms with Crippen molar-refractivity contribution in [3.05, 3.63) is 46.6 Å². The summed E-state index contributed by atoms with van der Waals surface area (Å²) in [6.45, 7) is 2.96. The summed E-state index contributed by atoms with van der Waals surface area (Å²) in [5.41, 5.74) is 1.44. The Labute approximate surface area is 151 Å². The lowest BCUT2D eigenvalue weighted by molar-refractivity contribution is -0.121. The van der Waals surface area contributed by atoms with Crippen LogP contribution in [0.25, 0.3) is 0 Å². The van der Waals surface area contributed by atoms with Gasteiger partial charge in [-0.2, -0.15) is 5.10 Å². The second kappa shape index (κ2) is 7.27. The molecule has 1 aromatic carbocycles. The van der Waals surface area contributed by atoms with Gasteiger partial charge in [-0.25, -0.2) is 0 Å². The van der Waals surface area contributed by atoms with Crippen molar-refractivity contribution in [2.24, 2.45) is 13.0 Å². The Morgan fingerprint density at radius 2 is 2.00 bits per heavy atom. The molecule has 2 amide bonds. The Balaban J connectivity index is 1.66. The van der Waals surface area contributed by atoms with Crippen molar-refractivity contribution in [3.63, 3.8) is 0 Å².